The number of hydrogen-bond donors (Lipinski definition) is 1. The molecule has 4 saturated heterocycles. The third-order valence-electron chi connectivity index (χ3n) is 2.40. The highest BCUT2D eigenvalue weighted by Gasteiger charge is 2.36. The van der Waals surface area contributed by atoms with Crippen molar-refractivity contribution < 1.29 is 0 Å². The minimum absolute atomic E-state index is 0. The monoisotopic (exact) mass is 157 g/mol. The van der Waals surface area contributed by atoms with Crippen molar-refractivity contribution in [1.82, 2.24) is 25.8 Å². The summed E-state index contributed by atoms with van der Waals surface area (Å²) < 4.78 is 0. The third-order valence-corrected chi connectivity index (χ3v) is 2.40. The summed E-state index contributed by atoms with van der Waals surface area (Å²) in [5.74, 6) is 0. The Kier molecular flexibility index (Phi) is 1.62. The topological polar surface area (TPSA) is 48.0 Å². The van der Waals surface area contributed by atoms with Gasteiger partial charge in [-0.25, -0.2) is 0 Å². The molecule has 0 aliphatic carbocycles. The van der Waals surface area contributed by atoms with Gasteiger partial charge in [0.25, 0.3) is 0 Å². The van der Waals surface area contributed by atoms with E-state index in [4.69, 9.17) is 0 Å². The minimum atomic E-state index is 0. The van der Waals surface area contributed by atoms with Gasteiger partial charge < -0.3 is 6.15 Å². The van der Waals surface area contributed by atoms with Crippen LogP contribution < -0.4 is 6.15 Å². The van der Waals surface area contributed by atoms with Crippen LogP contribution in [0, 0.1) is 0 Å². The van der Waals surface area contributed by atoms with Crippen LogP contribution in [0.5, 0.6) is 0 Å². The molecule has 0 unspecified atom stereocenters. The summed E-state index contributed by atoms with van der Waals surface area (Å²) in [7, 11) is 0. The van der Waals surface area contributed by atoms with E-state index in [0.29, 0.717) is 0 Å². The van der Waals surface area contributed by atoms with Gasteiger partial charge in [-0.1, -0.05) is 0 Å². The first-order valence-electron chi connectivity index (χ1n) is 3.79. The predicted molar refractivity (Wildman–Crippen MR) is 41.6 cm³/mol. The quantitative estimate of drug-likeness (QED) is 0.496. The summed E-state index contributed by atoms with van der Waals surface area (Å²) in [6.45, 7) is 7.12. The van der Waals surface area contributed by atoms with Gasteiger partial charge in [0.15, 0.2) is 0 Å². The van der Waals surface area contributed by atoms with Crippen LogP contribution in [-0.4, -0.2) is 59.6 Å². The fourth-order valence-electron chi connectivity index (χ4n) is 2.23. The van der Waals surface area contributed by atoms with E-state index in [2.05, 4.69) is 19.6 Å². The normalized spacial score (nSPS) is 52.4. The Labute approximate surface area is 66.7 Å². The predicted octanol–water partition coefficient (Wildman–Crippen LogP) is -0.858. The molecule has 5 nitrogen and oxygen atoms in total. The Hall–Kier alpha value is -0.200. The van der Waals surface area contributed by atoms with Crippen LogP contribution in [0.2, 0.25) is 0 Å². The molecule has 4 fully saturated rings. The fourth-order valence-corrected chi connectivity index (χ4v) is 2.23. The van der Waals surface area contributed by atoms with Gasteiger partial charge in [0, 0.05) is 0 Å². The standard InChI is InChI=1S/C6H12N4.H3N/c1-7-2-9-4-8(1)5-10(3-7)6-9;/h1-6H2;1H3. The zero-order valence-corrected chi connectivity index (χ0v) is 6.74. The second-order valence-corrected chi connectivity index (χ2v) is 3.53. The van der Waals surface area contributed by atoms with Crippen molar-refractivity contribution in [3.8, 4) is 0 Å². The molecule has 0 saturated carbocycles. The van der Waals surface area contributed by atoms with Crippen molar-refractivity contribution in [2.75, 3.05) is 40.0 Å². The molecule has 4 bridgehead atoms. The van der Waals surface area contributed by atoms with Crippen LogP contribution in [-0.2, 0) is 0 Å². The Morgan fingerprint density at radius 2 is 0.636 bits per heavy atom. The molecular weight excluding hydrogens is 142 g/mol. The van der Waals surface area contributed by atoms with E-state index in [1.807, 2.05) is 0 Å². The first kappa shape index (κ1) is 7.45. The lowest BCUT2D eigenvalue weighted by molar-refractivity contribution is -0.194. The molecule has 4 heterocycles. The van der Waals surface area contributed by atoms with Gasteiger partial charge in [-0.15, -0.1) is 0 Å². The highest BCUT2D eigenvalue weighted by molar-refractivity contribution is 4.79. The summed E-state index contributed by atoms with van der Waals surface area (Å²) in [6, 6.07) is 0. The Morgan fingerprint density at radius 3 is 0.818 bits per heavy atom. The molecule has 5 heteroatoms. The largest absolute Gasteiger partial charge is 0.344 e. The zero-order chi connectivity index (χ0) is 6.55. The SMILES string of the molecule is C1N2CN3CN1CN(C2)C3.N. The number of hydrogen-bond acceptors (Lipinski definition) is 5. The second kappa shape index (κ2) is 2.40. The van der Waals surface area contributed by atoms with Crippen LogP contribution in [0.15, 0.2) is 0 Å². The molecule has 3 N–H and O–H groups in total. The average molecular weight is 157 g/mol. The summed E-state index contributed by atoms with van der Waals surface area (Å²) in [5, 5.41) is 0. The van der Waals surface area contributed by atoms with Crippen LogP contribution in [0.4, 0.5) is 0 Å². The maximum Gasteiger partial charge on any atom is 0.0555 e. The lowest BCUT2D eigenvalue weighted by Crippen LogP contribution is -2.71. The van der Waals surface area contributed by atoms with E-state index in [1.54, 1.807) is 0 Å². The van der Waals surface area contributed by atoms with Crippen molar-refractivity contribution in [2.24, 2.45) is 0 Å². The molecule has 4 aliphatic heterocycles. The summed E-state index contributed by atoms with van der Waals surface area (Å²) in [5.41, 5.74) is 0. The highest BCUT2D eigenvalue weighted by atomic mass is 15.7. The second-order valence-electron chi connectivity index (χ2n) is 3.53. The van der Waals surface area contributed by atoms with Gasteiger partial charge in [0.2, 0.25) is 0 Å². The molecule has 0 atom stereocenters. The van der Waals surface area contributed by atoms with Gasteiger partial charge in [-0.2, -0.15) is 0 Å². The maximum atomic E-state index is 2.47. The molecule has 11 heavy (non-hydrogen) atoms. The molecule has 0 aromatic heterocycles. The zero-order valence-electron chi connectivity index (χ0n) is 6.74. The molecule has 64 valence electrons. The van der Waals surface area contributed by atoms with Gasteiger partial charge >= 0.3 is 0 Å². The number of rotatable bonds is 0. The Morgan fingerprint density at radius 1 is 0.455 bits per heavy atom. The average Bonchev–Trinajstić information content (AvgIpc) is 1.82. The first-order chi connectivity index (χ1) is 4.90. The lowest BCUT2D eigenvalue weighted by atomic mass is 10.4. The van der Waals surface area contributed by atoms with Crippen LogP contribution in [0.25, 0.3) is 0 Å². The summed E-state index contributed by atoms with van der Waals surface area (Å²) in [6.07, 6.45) is 0. The van der Waals surface area contributed by atoms with E-state index in [-0.39, 0.29) is 6.15 Å². The molecule has 0 spiro atoms. The smallest absolute Gasteiger partial charge is 0.0555 e. The van der Waals surface area contributed by atoms with E-state index >= 15 is 0 Å². The van der Waals surface area contributed by atoms with Crippen molar-refractivity contribution in [3.63, 3.8) is 0 Å². The van der Waals surface area contributed by atoms with Crippen molar-refractivity contribution in [2.45, 2.75) is 0 Å². The van der Waals surface area contributed by atoms with E-state index < -0.39 is 0 Å². The maximum absolute atomic E-state index is 2.47. The van der Waals surface area contributed by atoms with Crippen LogP contribution >= 0.6 is 0 Å². The molecule has 0 aromatic carbocycles. The van der Waals surface area contributed by atoms with E-state index in [0.717, 1.165) is 0 Å². The summed E-state index contributed by atoms with van der Waals surface area (Å²) in [4.78, 5) is 9.88. The molecule has 4 aliphatic rings. The fraction of sp³-hybridized carbons (Fsp3) is 1.00. The molecule has 0 amide bonds. The Balaban J connectivity index is 0.000000480. The van der Waals surface area contributed by atoms with E-state index in [9.17, 15) is 0 Å². The van der Waals surface area contributed by atoms with Gasteiger partial charge in [-0.05, 0) is 0 Å². The van der Waals surface area contributed by atoms with Gasteiger partial charge in [0.1, 0.15) is 0 Å². The minimum Gasteiger partial charge on any atom is -0.344 e. The third kappa shape index (κ3) is 1.05. The van der Waals surface area contributed by atoms with Gasteiger partial charge in [-0.3, -0.25) is 19.6 Å². The van der Waals surface area contributed by atoms with Gasteiger partial charge in [0.05, 0.1) is 40.0 Å². The van der Waals surface area contributed by atoms with Crippen molar-refractivity contribution in [1.29, 1.82) is 0 Å². The molecule has 0 aromatic rings. The van der Waals surface area contributed by atoms with Crippen LogP contribution in [0.3, 0.4) is 0 Å². The lowest BCUT2D eigenvalue weighted by Gasteiger charge is -2.56. The highest BCUT2D eigenvalue weighted by Crippen LogP contribution is 2.20. The van der Waals surface area contributed by atoms with E-state index in [1.165, 1.54) is 40.0 Å². The van der Waals surface area contributed by atoms with Crippen molar-refractivity contribution in [3.05, 3.63) is 0 Å². The van der Waals surface area contributed by atoms with Crippen LogP contribution in [0.1, 0.15) is 0 Å². The Bertz CT molecular complexity index is 103. The molecule has 0 radical (unpaired) electrons. The number of nitrogens with zero attached hydrogens (tertiary/aromatic N) is 4. The molecule has 4 rings (SSSR count). The summed E-state index contributed by atoms with van der Waals surface area (Å²) >= 11 is 0. The molecular formula is C6H15N5. The first-order valence-corrected chi connectivity index (χ1v) is 3.79. The van der Waals surface area contributed by atoms with Crippen molar-refractivity contribution >= 4 is 0 Å².